The van der Waals surface area contributed by atoms with Crippen LogP contribution in [0.5, 0.6) is 11.5 Å². The number of imide groups is 1. The highest BCUT2D eigenvalue weighted by Gasteiger charge is 2.52. The van der Waals surface area contributed by atoms with Crippen LogP contribution in [0.4, 0.5) is 10.5 Å². The van der Waals surface area contributed by atoms with Gasteiger partial charge in [0.25, 0.3) is 5.91 Å². The number of carbonyl (C=O) groups excluding carboxylic acids is 3. The smallest absolute Gasteiger partial charge is 0.325 e. The summed E-state index contributed by atoms with van der Waals surface area (Å²) in [5.41, 5.74) is -0.357. The van der Waals surface area contributed by atoms with Gasteiger partial charge in [0.05, 0.1) is 0 Å². The molecule has 2 saturated heterocycles. The number of likely N-dealkylation sites (tertiary alicyclic amines) is 1. The van der Waals surface area contributed by atoms with Crippen LogP contribution in [0.1, 0.15) is 26.2 Å². The molecule has 0 aromatic heterocycles. The van der Waals surface area contributed by atoms with Crippen LogP contribution in [0, 0.1) is 0 Å². The third kappa shape index (κ3) is 3.37. The van der Waals surface area contributed by atoms with Crippen LogP contribution in [0.25, 0.3) is 0 Å². The summed E-state index contributed by atoms with van der Waals surface area (Å²) in [6.07, 6.45) is 2.19. The van der Waals surface area contributed by atoms with Crippen LogP contribution in [-0.2, 0) is 9.59 Å². The average Bonchev–Trinajstić information content (AvgIpc) is 3.22. The number of nitrogens with zero attached hydrogens (tertiary/aromatic N) is 2. The lowest BCUT2D eigenvalue weighted by Gasteiger charge is -2.37. The number of rotatable bonds is 5. The molecule has 2 fully saturated rings. The topological polar surface area (TPSA) is 100 Å². The van der Waals surface area contributed by atoms with Crippen LogP contribution < -0.4 is 20.1 Å². The summed E-state index contributed by atoms with van der Waals surface area (Å²) in [6.45, 7) is 4.45. The lowest BCUT2D eigenvalue weighted by Crippen LogP contribution is -2.55. The van der Waals surface area contributed by atoms with Crippen LogP contribution >= 0.6 is 0 Å². The molecule has 0 aliphatic carbocycles. The maximum atomic E-state index is 12.9. The highest BCUT2D eigenvalue weighted by molar-refractivity contribution is 6.10. The van der Waals surface area contributed by atoms with Crippen molar-refractivity contribution in [3.8, 4) is 11.5 Å². The van der Waals surface area contributed by atoms with Gasteiger partial charge < -0.3 is 25.0 Å². The van der Waals surface area contributed by atoms with Gasteiger partial charge in [-0.15, -0.1) is 0 Å². The zero-order valence-electron chi connectivity index (χ0n) is 15.8. The lowest BCUT2D eigenvalue weighted by atomic mass is 9.87. The van der Waals surface area contributed by atoms with Gasteiger partial charge in [-0.05, 0) is 37.9 Å². The number of nitrogens with one attached hydrogen (secondary N) is 2. The Labute approximate surface area is 162 Å². The monoisotopic (exact) mass is 388 g/mol. The number of fused-ring (bicyclic) bond motifs is 1. The minimum atomic E-state index is -0.875. The molecule has 0 radical (unpaired) electrons. The minimum Gasteiger partial charge on any atom is -0.454 e. The Morgan fingerprint density at radius 1 is 1.21 bits per heavy atom. The van der Waals surface area contributed by atoms with E-state index >= 15 is 0 Å². The summed E-state index contributed by atoms with van der Waals surface area (Å²) in [7, 11) is 0. The van der Waals surface area contributed by atoms with Crippen molar-refractivity contribution >= 4 is 23.5 Å². The summed E-state index contributed by atoms with van der Waals surface area (Å²) in [6, 6.07) is 4.53. The highest BCUT2D eigenvalue weighted by atomic mass is 16.7. The van der Waals surface area contributed by atoms with Crippen molar-refractivity contribution in [2.24, 2.45) is 0 Å². The molecule has 0 saturated carbocycles. The molecule has 3 aliphatic heterocycles. The van der Waals surface area contributed by atoms with Crippen LogP contribution in [-0.4, -0.2) is 66.2 Å². The first-order valence-electron chi connectivity index (χ1n) is 9.57. The van der Waals surface area contributed by atoms with E-state index in [0.717, 1.165) is 31.0 Å². The molecule has 3 heterocycles. The predicted octanol–water partition coefficient (Wildman–Crippen LogP) is 1.15. The second-order valence-corrected chi connectivity index (χ2v) is 7.36. The molecule has 0 atom stereocenters. The van der Waals surface area contributed by atoms with Crippen molar-refractivity contribution in [3.63, 3.8) is 0 Å². The largest absolute Gasteiger partial charge is 0.454 e. The number of ether oxygens (including phenoxy) is 2. The van der Waals surface area contributed by atoms with E-state index in [1.54, 1.807) is 18.2 Å². The Morgan fingerprint density at radius 3 is 2.71 bits per heavy atom. The first kappa shape index (κ1) is 18.5. The van der Waals surface area contributed by atoms with Gasteiger partial charge in [-0.1, -0.05) is 6.92 Å². The van der Waals surface area contributed by atoms with Gasteiger partial charge in [0.1, 0.15) is 12.1 Å². The van der Waals surface area contributed by atoms with Crippen molar-refractivity contribution in [2.45, 2.75) is 31.7 Å². The zero-order chi connectivity index (χ0) is 19.7. The molecule has 1 aromatic rings. The van der Waals surface area contributed by atoms with E-state index in [0.29, 0.717) is 30.0 Å². The fraction of sp³-hybridized carbons (Fsp3) is 0.526. The molecule has 1 aromatic carbocycles. The number of amides is 4. The van der Waals surface area contributed by atoms with Crippen LogP contribution in [0.15, 0.2) is 18.2 Å². The number of urea groups is 1. The highest BCUT2D eigenvalue weighted by Crippen LogP contribution is 2.34. The second-order valence-electron chi connectivity index (χ2n) is 7.36. The van der Waals surface area contributed by atoms with Gasteiger partial charge >= 0.3 is 6.03 Å². The zero-order valence-corrected chi connectivity index (χ0v) is 15.8. The predicted molar refractivity (Wildman–Crippen MR) is 100 cm³/mol. The molecule has 4 amide bonds. The molecule has 2 N–H and O–H groups in total. The Kier molecular flexibility index (Phi) is 4.84. The summed E-state index contributed by atoms with van der Waals surface area (Å²) in [5, 5.41) is 5.53. The van der Waals surface area contributed by atoms with Crippen LogP contribution in [0.2, 0.25) is 0 Å². The average molecular weight is 388 g/mol. The number of piperidine rings is 1. The van der Waals surface area contributed by atoms with E-state index in [-0.39, 0.29) is 19.2 Å². The first-order valence-corrected chi connectivity index (χ1v) is 9.57. The Bertz CT molecular complexity index is 804. The number of carbonyl (C=O) groups is 3. The SMILES string of the molecule is CCCN1CCC2(CC1)NC(=O)N(CC(=O)Nc1ccc3c(c1)OCO3)C2=O. The fourth-order valence-electron chi connectivity index (χ4n) is 3.95. The number of hydrogen-bond donors (Lipinski definition) is 2. The fourth-order valence-corrected chi connectivity index (χ4v) is 3.95. The number of anilines is 1. The van der Waals surface area contributed by atoms with Crippen molar-refractivity contribution in [1.82, 2.24) is 15.1 Å². The standard InChI is InChI=1S/C19H24N4O5/c1-2-7-22-8-5-19(6-9-22)17(25)23(18(26)21-19)11-16(24)20-13-3-4-14-15(10-13)28-12-27-14/h3-4,10H,2,5-9,11-12H2,1H3,(H,20,24)(H,21,26). The van der Waals surface area contributed by atoms with Gasteiger partial charge in [0.2, 0.25) is 12.7 Å². The van der Waals surface area contributed by atoms with Gasteiger partial charge in [-0.25, -0.2) is 4.79 Å². The van der Waals surface area contributed by atoms with E-state index in [4.69, 9.17) is 9.47 Å². The summed E-state index contributed by atoms with van der Waals surface area (Å²) in [4.78, 5) is 41.0. The molecule has 28 heavy (non-hydrogen) atoms. The normalized spacial score (nSPS) is 20.5. The maximum Gasteiger partial charge on any atom is 0.325 e. The van der Waals surface area contributed by atoms with Gasteiger partial charge in [0, 0.05) is 24.8 Å². The quantitative estimate of drug-likeness (QED) is 0.734. The second kappa shape index (κ2) is 7.31. The summed E-state index contributed by atoms with van der Waals surface area (Å²) >= 11 is 0. The number of benzene rings is 1. The molecule has 150 valence electrons. The molecule has 1 spiro atoms. The molecular formula is C19H24N4O5. The Morgan fingerprint density at radius 2 is 1.96 bits per heavy atom. The van der Waals surface area contributed by atoms with E-state index in [2.05, 4.69) is 22.5 Å². The van der Waals surface area contributed by atoms with Gasteiger partial charge in [-0.2, -0.15) is 0 Å². The molecule has 9 heteroatoms. The molecule has 9 nitrogen and oxygen atoms in total. The van der Waals surface area contributed by atoms with Crippen molar-refractivity contribution in [2.75, 3.05) is 38.3 Å². The van der Waals surface area contributed by atoms with Crippen molar-refractivity contribution in [3.05, 3.63) is 18.2 Å². The Balaban J connectivity index is 1.37. The molecule has 0 unspecified atom stereocenters. The third-order valence-corrected chi connectivity index (χ3v) is 5.45. The summed E-state index contributed by atoms with van der Waals surface area (Å²) in [5.74, 6) is 0.409. The maximum absolute atomic E-state index is 12.9. The van der Waals surface area contributed by atoms with E-state index < -0.39 is 17.5 Å². The van der Waals surface area contributed by atoms with E-state index in [1.807, 2.05) is 0 Å². The molecule has 4 rings (SSSR count). The van der Waals surface area contributed by atoms with E-state index in [9.17, 15) is 14.4 Å². The number of hydrogen-bond acceptors (Lipinski definition) is 6. The molecule has 3 aliphatic rings. The first-order chi connectivity index (χ1) is 13.5. The molecule has 0 bridgehead atoms. The Hall–Kier alpha value is -2.81. The lowest BCUT2D eigenvalue weighted by molar-refractivity contribution is -0.135. The molecular weight excluding hydrogens is 364 g/mol. The minimum absolute atomic E-state index is 0.146. The summed E-state index contributed by atoms with van der Waals surface area (Å²) < 4.78 is 10.5. The van der Waals surface area contributed by atoms with Crippen molar-refractivity contribution < 1.29 is 23.9 Å². The van der Waals surface area contributed by atoms with Crippen LogP contribution in [0.3, 0.4) is 0 Å². The van der Waals surface area contributed by atoms with Crippen molar-refractivity contribution in [1.29, 1.82) is 0 Å². The third-order valence-electron chi connectivity index (χ3n) is 5.45. The van der Waals surface area contributed by atoms with Gasteiger partial charge in [0.15, 0.2) is 11.5 Å². The van der Waals surface area contributed by atoms with Gasteiger partial charge in [-0.3, -0.25) is 14.5 Å². The van der Waals surface area contributed by atoms with E-state index in [1.165, 1.54) is 0 Å².